The number of hydrogen-bond acceptors (Lipinski definition) is 5. The average Bonchev–Trinajstić information content (AvgIpc) is 3.44. The Morgan fingerprint density at radius 1 is 1.06 bits per heavy atom. The van der Waals surface area contributed by atoms with Crippen molar-refractivity contribution in [1.29, 1.82) is 0 Å². The van der Waals surface area contributed by atoms with Crippen LogP contribution in [0.2, 0.25) is 0 Å². The summed E-state index contributed by atoms with van der Waals surface area (Å²) in [5.74, 6) is 0.576. The molecule has 2 atom stereocenters. The molecule has 0 radical (unpaired) electrons. The lowest BCUT2D eigenvalue weighted by molar-refractivity contribution is 0.0977. The van der Waals surface area contributed by atoms with Crippen LogP contribution in [0.1, 0.15) is 16.8 Å². The first kappa shape index (κ1) is 21.4. The number of anilines is 1. The van der Waals surface area contributed by atoms with Crippen LogP contribution in [0.15, 0.2) is 71.6 Å². The first-order valence-corrected chi connectivity index (χ1v) is 13.1. The van der Waals surface area contributed by atoms with Crippen LogP contribution in [0.5, 0.6) is 0 Å². The first-order chi connectivity index (χ1) is 15.4. The van der Waals surface area contributed by atoms with Crippen LogP contribution in [0, 0.1) is 0 Å². The van der Waals surface area contributed by atoms with Crippen molar-refractivity contribution in [3.8, 4) is 0 Å². The number of benzene rings is 3. The summed E-state index contributed by atoms with van der Waals surface area (Å²) in [5.41, 5.74) is 1.21. The van der Waals surface area contributed by atoms with Crippen LogP contribution < -0.4 is 10.6 Å². The molecule has 0 aliphatic carbocycles. The number of carbonyl (C=O) groups is 1. The Morgan fingerprint density at radius 2 is 1.88 bits per heavy atom. The van der Waals surface area contributed by atoms with Crippen molar-refractivity contribution in [3.63, 3.8) is 0 Å². The van der Waals surface area contributed by atoms with E-state index >= 15 is 0 Å². The predicted octanol–water partition coefficient (Wildman–Crippen LogP) is 3.85. The first-order valence-electron chi connectivity index (χ1n) is 10.3. The topological polar surface area (TPSA) is 78.5 Å². The summed E-state index contributed by atoms with van der Waals surface area (Å²) >= 11 is 7.18. The molecule has 3 aromatic rings. The molecule has 2 aliphatic rings. The number of fused-ring (bicyclic) bond motifs is 3. The van der Waals surface area contributed by atoms with Gasteiger partial charge >= 0.3 is 0 Å². The standard InChI is InChI=1S/C23H21N3O3S3/c27-22(15-5-2-1-3-6-15)25-23(30)24-21-8-4-7-16-11-19(9-10-20(16)21)32(28,29)26-13-18-12-17(26)14-31-18/h1-11,17-18H,12-14H2,(H2,24,25,27,30). The molecule has 2 fully saturated rings. The zero-order valence-corrected chi connectivity index (χ0v) is 19.5. The van der Waals surface area contributed by atoms with Gasteiger partial charge in [0.15, 0.2) is 5.11 Å². The summed E-state index contributed by atoms with van der Waals surface area (Å²) in [6, 6.07) is 19.6. The van der Waals surface area contributed by atoms with Crippen molar-refractivity contribution >= 4 is 61.5 Å². The molecule has 164 valence electrons. The van der Waals surface area contributed by atoms with Gasteiger partial charge in [0.05, 0.1) is 4.90 Å². The minimum absolute atomic E-state index is 0.101. The molecule has 32 heavy (non-hydrogen) atoms. The molecule has 0 saturated carbocycles. The van der Waals surface area contributed by atoms with Crippen LogP contribution >= 0.6 is 24.0 Å². The Hall–Kier alpha value is -2.46. The van der Waals surface area contributed by atoms with E-state index < -0.39 is 10.0 Å². The van der Waals surface area contributed by atoms with Gasteiger partial charge in [0, 0.05) is 40.2 Å². The number of sulfonamides is 1. The third-order valence-electron chi connectivity index (χ3n) is 5.82. The number of carbonyl (C=O) groups excluding carboxylic acids is 1. The molecule has 2 bridgehead atoms. The van der Waals surface area contributed by atoms with Gasteiger partial charge in [-0.05, 0) is 54.4 Å². The van der Waals surface area contributed by atoms with Gasteiger partial charge in [0.1, 0.15) is 0 Å². The Kier molecular flexibility index (Phi) is 5.66. The Balaban J connectivity index is 1.36. The highest BCUT2D eigenvalue weighted by atomic mass is 32.2. The largest absolute Gasteiger partial charge is 0.332 e. The van der Waals surface area contributed by atoms with Crippen LogP contribution in [0.4, 0.5) is 5.69 Å². The van der Waals surface area contributed by atoms with Gasteiger partial charge in [0.25, 0.3) is 5.91 Å². The van der Waals surface area contributed by atoms with E-state index in [2.05, 4.69) is 10.6 Å². The molecule has 5 rings (SSSR count). The van der Waals surface area contributed by atoms with Gasteiger partial charge in [0.2, 0.25) is 10.0 Å². The highest BCUT2D eigenvalue weighted by molar-refractivity contribution is 8.00. The number of hydrogen-bond donors (Lipinski definition) is 2. The van der Waals surface area contributed by atoms with Crippen LogP contribution in [-0.4, -0.2) is 47.3 Å². The fourth-order valence-corrected chi connectivity index (χ4v) is 7.79. The molecular weight excluding hydrogens is 462 g/mol. The maximum atomic E-state index is 13.2. The molecule has 2 unspecified atom stereocenters. The van der Waals surface area contributed by atoms with Crippen molar-refractivity contribution in [2.45, 2.75) is 22.6 Å². The third kappa shape index (κ3) is 4.01. The van der Waals surface area contributed by atoms with E-state index in [4.69, 9.17) is 12.2 Å². The van der Waals surface area contributed by atoms with Crippen molar-refractivity contribution < 1.29 is 13.2 Å². The molecule has 2 saturated heterocycles. The van der Waals surface area contributed by atoms with Gasteiger partial charge in [-0.1, -0.05) is 36.4 Å². The Bertz CT molecular complexity index is 1310. The van der Waals surface area contributed by atoms with E-state index in [1.807, 2.05) is 36.0 Å². The third-order valence-corrected chi connectivity index (χ3v) is 9.33. The Morgan fingerprint density at radius 3 is 2.59 bits per heavy atom. The summed E-state index contributed by atoms with van der Waals surface area (Å²) in [5, 5.41) is 7.93. The number of nitrogens with one attached hydrogen (secondary N) is 2. The molecule has 9 heteroatoms. The van der Waals surface area contributed by atoms with E-state index in [-0.39, 0.29) is 17.1 Å². The minimum atomic E-state index is -3.53. The second-order valence-electron chi connectivity index (χ2n) is 7.88. The monoisotopic (exact) mass is 483 g/mol. The number of thiocarbonyl (C=S) groups is 1. The van der Waals surface area contributed by atoms with Crippen LogP contribution in [0.25, 0.3) is 10.8 Å². The summed E-state index contributed by atoms with van der Waals surface area (Å²) < 4.78 is 28.1. The second-order valence-corrected chi connectivity index (χ2v) is 11.5. The summed E-state index contributed by atoms with van der Waals surface area (Å²) in [6.45, 7) is 0.590. The molecular formula is C23H21N3O3S3. The molecule has 0 spiro atoms. The summed E-state index contributed by atoms with van der Waals surface area (Å²) in [7, 11) is -3.53. The molecule has 2 N–H and O–H groups in total. The number of rotatable bonds is 4. The summed E-state index contributed by atoms with van der Waals surface area (Å²) in [4.78, 5) is 12.6. The number of amides is 1. The zero-order valence-electron chi connectivity index (χ0n) is 17.0. The lowest BCUT2D eigenvalue weighted by Crippen LogP contribution is -2.39. The smallest absolute Gasteiger partial charge is 0.257 e. The molecule has 6 nitrogen and oxygen atoms in total. The number of thioether (sulfide) groups is 1. The quantitative estimate of drug-likeness (QED) is 0.549. The van der Waals surface area contributed by atoms with Gasteiger partial charge in [-0.2, -0.15) is 16.1 Å². The normalized spacial score (nSPS) is 20.4. The van der Waals surface area contributed by atoms with Crippen LogP contribution in [-0.2, 0) is 10.0 Å². The average molecular weight is 484 g/mol. The van der Waals surface area contributed by atoms with Crippen molar-refractivity contribution in [3.05, 3.63) is 72.3 Å². The van der Waals surface area contributed by atoms with Gasteiger partial charge in [-0.25, -0.2) is 8.42 Å². The lowest BCUT2D eigenvalue weighted by Gasteiger charge is -2.26. The van der Waals surface area contributed by atoms with E-state index in [0.29, 0.717) is 27.9 Å². The summed E-state index contributed by atoms with van der Waals surface area (Å²) in [6.07, 6.45) is 0.942. The molecule has 2 aliphatic heterocycles. The Labute approximate surface area is 196 Å². The predicted molar refractivity (Wildman–Crippen MR) is 133 cm³/mol. The van der Waals surface area contributed by atoms with Gasteiger partial charge in [-0.3, -0.25) is 10.1 Å². The SMILES string of the molecule is O=C(NC(=S)Nc1cccc2cc(S(=O)(=O)N3CC4CC3CS4)ccc12)c1ccccc1. The molecule has 3 aromatic carbocycles. The van der Waals surface area contributed by atoms with E-state index in [9.17, 15) is 13.2 Å². The lowest BCUT2D eigenvalue weighted by atomic mass is 10.1. The molecule has 0 aromatic heterocycles. The zero-order chi connectivity index (χ0) is 22.3. The maximum Gasteiger partial charge on any atom is 0.257 e. The van der Waals surface area contributed by atoms with Gasteiger partial charge in [-0.15, -0.1) is 0 Å². The fraction of sp³-hybridized carbons (Fsp3) is 0.217. The highest BCUT2D eigenvalue weighted by Gasteiger charge is 2.44. The molecule has 1 amide bonds. The number of nitrogens with zero attached hydrogens (tertiary/aromatic N) is 1. The highest BCUT2D eigenvalue weighted by Crippen LogP contribution is 2.40. The van der Waals surface area contributed by atoms with Gasteiger partial charge < -0.3 is 5.32 Å². The van der Waals surface area contributed by atoms with E-state index in [1.165, 1.54) is 0 Å². The van der Waals surface area contributed by atoms with Crippen molar-refractivity contribution in [2.75, 3.05) is 17.6 Å². The minimum Gasteiger partial charge on any atom is -0.332 e. The molecule has 2 heterocycles. The van der Waals surface area contributed by atoms with Crippen molar-refractivity contribution in [2.24, 2.45) is 0 Å². The van der Waals surface area contributed by atoms with E-state index in [0.717, 1.165) is 22.9 Å². The van der Waals surface area contributed by atoms with Crippen LogP contribution in [0.3, 0.4) is 0 Å². The maximum absolute atomic E-state index is 13.2. The van der Waals surface area contributed by atoms with Crippen molar-refractivity contribution in [1.82, 2.24) is 9.62 Å². The second kappa shape index (κ2) is 8.47. The fourth-order valence-electron chi connectivity index (χ4n) is 4.24. The van der Waals surface area contributed by atoms with E-state index in [1.54, 1.807) is 46.8 Å².